The molecule has 5 heteroatoms. The average Bonchev–Trinajstić information content (AvgIpc) is 2.54. The molecule has 0 spiro atoms. The average molecular weight is 338 g/mol. The quantitative estimate of drug-likeness (QED) is 0.830. The Kier molecular flexibility index (Phi) is 6.02. The summed E-state index contributed by atoms with van der Waals surface area (Å²) in [4.78, 5) is 0. The lowest BCUT2D eigenvalue weighted by Gasteiger charge is -2.29. The van der Waals surface area contributed by atoms with Gasteiger partial charge in [0.25, 0.3) is 0 Å². The highest BCUT2D eigenvalue weighted by Gasteiger charge is 2.41. The van der Waals surface area contributed by atoms with E-state index in [1.807, 2.05) is 25.1 Å². The Morgan fingerprint density at radius 2 is 1.54 bits per heavy atom. The fraction of sp³-hybridized carbons (Fsp3) is 0.368. The number of aliphatic hydroxyl groups is 2. The maximum Gasteiger partial charge on any atom is 0.414 e. The van der Waals surface area contributed by atoms with Crippen LogP contribution in [0.1, 0.15) is 34.9 Å². The third-order valence-corrected chi connectivity index (χ3v) is 4.24. The van der Waals surface area contributed by atoms with Crippen molar-refractivity contribution in [2.45, 2.75) is 37.5 Å². The highest BCUT2D eigenvalue weighted by Crippen LogP contribution is 2.39. The Morgan fingerprint density at radius 1 is 0.917 bits per heavy atom. The molecule has 0 fully saturated rings. The van der Waals surface area contributed by atoms with Crippen LogP contribution in [0.2, 0.25) is 0 Å². The van der Waals surface area contributed by atoms with Gasteiger partial charge in [-0.1, -0.05) is 60.2 Å². The molecule has 2 N–H and O–H groups in total. The molecule has 0 aromatic heterocycles. The Balaban J connectivity index is 2.40. The van der Waals surface area contributed by atoms with E-state index >= 15 is 0 Å². The minimum absolute atomic E-state index is 0.298. The summed E-state index contributed by atoms with van der Waals surface area (Å²) in [7, 11) is 0. The van der Waals surface area contributed by atoms with Crippen LogP contribution < -0.4 is 0 Å². The Bertz CT molecular complexity index is 641. The van der Waals surface area contributed by atoms with E-state index in [-0.39, 0.29) is 6.61 Å². The first-order valence-electron chi connectivity index (χ1n) is 7.80. The number of aryl methyl sites for hydroxylation is 1. The molecular weight excluding hydrogens is 317 g/mol. The summed E-state index contributed by atoms with van der Waals surface area (Å²) >= 11 is 0. The van der Waals surface area contributed by atoms with E-state index in [1.165, 1.54) is 0 Å². The van der Waals surface area contributed by atoms with Gasteiger partial charge in [0.1, 0.15) is 6.10 Å². The molecule has 2 rings (SSSR count). The smallest absolute Gasteiger partial charge is 0.396 e. The predicted molar refractivity (Wildman–Crippen MR) is 86.9 cm³/mol. The fourth-order valence-electron chi connectivity index (χ4n) is 2.97. The topological polar surface area (TPSA) is 40.5 Å². The second kappa shape index (κ2) is 7.81. The number of benzene rings is 2. The van der Waals surface area contributed by atoms with Gasteiger partial charge >= 0.3 is 6.18 Å². The van der Waals surface area contributed by atoms with Crippen molar-refractivity contribution in [3.05, 3.63) is 71.3 Å². The summed E-state index contributed by atoms with van der Waals surface area (Å²) in [6, 6.07) is 16.1. The van der Waals surface area contributed by atoms with Gasteiger partial charge < -0.3 is 10.2 Å². The summed E-state index contributed by atoms with van der Waals surface area (Å²) in [5.74, 6) is -1.17. The summed E-state index contributed by atoms with van der Waals surface area (Å²) in [6.07, 6.45) is -7.60. The van der Waals surface area contributed by atoms with Gasteiger partial charge in [-0.15, -0.1) is 0 Å². The van der Waals surface area contributed by atoms with Crippen LogP contribution in [0.15, 0.2) is 54.6 Å². The van der Waals surface area contributed by atoms with Crippen molar-refractivity contribution in [3.8, 4) is 0 Å². The number of hydrogen-bond acceptors (Lipinski definition) is 2. The number of aliphatic hydroxyl groups excluding tert-OH is 2. The van der Waals surface area contributed by atoms with Crippen molar-refractivity contribution in [1.82, 2.24) is 0 Å². The van der Waals surface area contributed by atoms with Gasteiger partial charge in [-0.05, 0) is 30.4 Å². The highest BCUT2D eigenvalue weighted by molar-refractivity contribution is 5.31. The van der Waals surface area contributed by atoms with Crippen molar-refractivity contribution >= 4 is 0 Å². The van der Waals surface area contributed by atoms with Gasteiger partial charge in [-0.25, -0.2) is 0 Å². The molecule has 2 nitrogen and oxygen atoms in total. The van der Waals surface area contributed by atoms with Crippen molar-refractivity contribution in [1.29, 1.82) is 0 Å². The molecule has 0 saturated carbocycles. The van der Waals surface area contributed by atoms with Crippen molar-refractivity contribution in [2.75, 3.05) is 6.61 Å². The molecule has 0 bridgehead atoms. The first-order chi connectivity index (χ1) is 11.3. The second-order valence-electron chi connectivity index (χ2n) is 6.01. The molecule has 0 saturated heterocycles. The van der Waals surface area contributed by atoms with Crippen LogP contribution in [0.5, 0.6) is 0 Å². The van der Waals surface area contributed by atoms with Crippen molar-refractivity contribution in [2.24, 2.45) is 0 Å². The summed E-state index contributed by atoms with van der Waals surface area (Å²) in [5.41, 5.74) is 2.40. The molecule has 0 aliphatic carbocycles. The van der Waals surface area contributed by atoms with Crippen LogP contribution in [0.4, 0.5) is 13.2 Å². The minimum Gasteiger partial charge on any atom is -0.396 e. The molecule has 24 heavy (non-hydrogen) atoms. The lowest BCUT2D eigenvalue weighted by molar-refractivity contribution is -0.207. The molecule has 2 aromatic rings. The van der Waals surface area contributed by atoms with Crippen LogP contribution >= 0.6 is 0 Å². The predicted octanol–water partition coefficient (Wildman–Crippen LogP) is 4.17. The van der Waals surface area contributed by atoms with E-state index in [1.54, 1.807) is 36.4 Å². The first-order valence-corrected chi connectivity index (χ1v) is 7.80. The SMILES string of the molecule is Cc1cccc([C@H](CO)[C@@H](C[C@H](O)C(F)(F)F)c2ccccc2)c1. The van der Waals surface area contributed by atoms with Crippen molar-refractivity contribution < 1.29 is 23.4 Å². The normalized spacial score (nSPS) is 15.8. The van der Waals surface area contributed by atoms with Gasteiger partial charge in [0.2, 0.25) is 0 Å². The van der Waals surface area contributed by atoms with E-state index in [0.29, 0.717) is 5.56 Å². The van der Waals surface area contributed by atoms with Gasteiger partial charge in [0, 0.05) is 5.92 Å². The van der Waals surface area contributed by atoms with Crippen molar-refractivity contribution in [3.63, 3.8) is 0 Å². The number of halogens is 3. The largest absolute Gasteiger partial charge is 0.414 e. The zero-order valence-corrected chi connectivity index (χ0v) is 13.4. The zero-order chi connectivity index (χ0) is 17.7. The third kappa shape index (κ3) is 4.58. The summed E-state index contributed by atoms with van der Waals surface area (Å²) < 4.78 is 38.5. The van der Waals surface area contributed by atoms with E-state index in [2.05, 4.69) is 0 Å². The van der Waals surface area contributed by atoms with E-state index < -0.39 is 30.5 Å². The monoisotopic (exact) mass is 338 g/mol. The summed E-state index contributed by atoms with van der Waals surface area (Å²) in [6.45, 7) is 1.59. The molecule has 2 aromatic carbocycles. The molecule has 3 atom stereocenters. The molecule has 0 radical (unpaired) electrons. The van der Waals surface area contributed by atoms with Crippen LogP contribution in [-0.2, 0) is 0 Å². The molecule has 0 heterocycles. The Morgan fingerprint density at radius 3 is 2.08 bits per heavy atom. The van der Waals surface area contributed by atoms with Gasteiger partial charge in [0.15, 0.2) is 0 Å². The van der Waals surface area contributed by atoms with E-state index in [0.717, 1.165) is 11.1 Å². The molecule has 0 amide bonds. The standard InChI is InChI=1S/C19H21F3O2/c1-13-6-5-9-15(10-13)17(12-23)16(11-18(24)19(20,21)22)14-7-3-2-4-8-14/h2-10,16-18,23-24H,11-12H2,1H3/t16-,17-,18-/m0/s1. The molecular formula is C19H21F3O2. The van der Waals surface area contributed by atoms with Gasteiger partial charge in [-0.3, -0.25) is 0 Å². The molecule has 130 valence electrons. The third-order valence-electron chi connectivity index (χ3n) is 4.24. The minimum atomic E-state index is -4.68. The van der Waals surface area contributed by atoms with Gasteiger partial charge in [-0.2, -0.15) is 13.2 Å². The molecule has 0 aliphatic rings. The first kappa shape index (κ1) is 18.5. The van der Waals surface area contributed by atoms with Crippen LogP contribution in [0.3, 0.4) is 0 Å². The van der Waals surface area contributed by atoms with E-state index in [4.69, 9.17) is 0 Å². The number of hydrogen-bond donors (Lipinski definition) is 2. The van der Waals surface area contributed by atoms with E-state index in [9.17, 15) is 23.4 Å². The maximum atomic E-state index is 12.8. The van der Waals surface area contributed by atoms with Crippen LogP contribution in [0, 0.1) is 6.92 Å². The Hall–Kier alpha value is -1.85. The van der Waals surface area contributed by atoms with Gasteiger partial charge in [0.05, 0.1) is 6.61 Å². The molecule has 0 aliphatic heterocycles. The number of alkyl halides is 3. The van der Waals surface area contributed by atoms with Crippen LogP contribution in [0.25, 0.3) is 0 Å². The fourth-order valence-corrected chi connectivity index (χ4v) is 2.97. The lowest BCUT2D eigenvalue weighted by atomic mass is 9.78. The number of rotatable bonds is 6. The van der Waals surface area contributed by atoms with Crippen LogP contribution in [-0.4, -0.2) is 29.1 Å². The summed E-state index contributed by atoms with van der Waals surface area (Å²) in [5, 5.41) is 19.4. The highest BCUT2D eigenvalue weighted by atomic mass is 19.4. The Labute approximate surface area is 139 Å². The second-order valence-corrected chi connectivity index (χ2v) is 6.01. The lowest BCUT2D eigenvalue weighted by Crippen LogP contribution is -2.32. The maximum absolute atomic E-state index is 12.8. The zero-order valence-electron chi connectivity index (χ0n) is 13.4. The molecule has 0 unspecified atom stereocenters.